The minimum Gasteiger partial charge on any atom is -0.395 e. The summed E-state index contributed by atoms with van der Waals surface area (Å²) in [5.41, 5.74) is 0. The van der Waals surface area contributed by atoms with Gasteiger partial charge in [0.1, 0.15) is 0 Å². The zero-order valence-electron chi connectivity index (χ0n) is 7.38. The summed E-state index contributed by atoms with van der Waals surface area (Å²) >= 11 is 5.64. The van der Waals surface area contributed by atoms with Gasteiger partial charge in [-0.15, -0.1) is 11.6 Å². The van der Waals surface area contributed by atoms with Crippen molar-refractivity contribution in [1.82, 2.24) is 9.80 Å². The summed E-state index contributed by atoms with van der Waals surface area (Å²) in [6, 6.07) is 0. The lowest BCUT2D eigenvalue weighted by atomic mass is 10.3. The molecule has 0 saturated carbocycles. The summed E-state index contributed by atoms with van der Waals surface area (Å²) in [7, 11) is 0. The molecule has 1 rings (SSSR count). The number of piperazine rings is 1. The number of alkyl halides is 1. The Morgan fingerprint density at radius 2 is 1.50 bits per heavy atom. The van der Waals surface area contributed by atoms with Gasteiger partial charge >= 0.3 is 0 Å². The number of aliphatic hydroxyl groups excluding tert-OH is 1. The first-order valence-corrected chi connectivity index (χ1v) is 5.02. The molecule has 1 aliphatic rings. The zero-order valence-corrected chi connectivity index (χ0v) is 8.13. The van der Waals surface area contributed by atoms with Gasteiger partial charge in [-0.2, -0.15) is 0 Å². The Labute approximate surface area is 78.9 Å². The van der Waals surface area contributed by atoms with E-state index in [1.807, 2.05) is 0 Å². The predicted octanol–water partition coefficient (Wildman–Crippen LogP) is -0.165. The molecule has 1 saturated heterocycles. The summed E-state index contributed by atoms with van der Waals surface area (Å²) in [5.74, 6) is 0.722. The molecule has 1 N–H and O–H groups in total. The summed E-state index contributed by atoms with van der Waals surface area (Å²) in [4.78, 5) is 4.64. The molecular formula is C8H17ClN2O. The van der Waals surface area contributed by atoms with Crippen molar-refractivity contribution < 1.29 is 5.11 Å². The number of rotatable bonds is 4. The monoisotopic (exact) mass is 192 g/mol. The Morgan fingerprint density at radius 3 is 1.92 bits per heavy atom. The van der Waals surface area contributed by atoms with Gasteiger partial charge in [0.25, 0.3) is 0 Å². The molecule has 1 fully saturated rings. The minimum absolute atomic E-state index is 0.273. The molecule has 0 aliphatic carbocycles. The van der Waals surface area contributed by atoms with E-state index >= 15 is 0 Å². The Bertz CT molecular complexity index is 102. The van der Waals surface area contributed by atoms with Crippen LogP contribution in [0.25, 0.3) is 0 Å². The Kier molecular flexibility index (Phi) is 4.92. The first-order chi connectivity index (χ1) is 5.86. The molecule has 0 spiro atoms. The second kappa shape index (κ2) is 5.75. The molecule has 72 valence electrons. The van der Waals surface area contributed by atoms with Crippen LogP contribution in [0.3, 0.4) is 0 Å². The third kappa shape index (κ3) is 3.27. The van der Waals surface area contributed by atoms with Crippen LogP contribution in [0.2, 0.25) is 0 Å². The Hall–Kier alpha value is 0.170. The van der Waals surface area contributed by atoms with E-state index in [0.29, 0.717) is 0 Å². The van der Waals surface area contributed by atoms with Crippen LogP contribution in [0.15, 0.2) is 0 Å². The number of aliphatic hydroxyl groups is 1. The van der Waals surface area contributed by atoms with Crippen molar-refractivity contribution in [2.24, 2.45) is 0 Å². The predicted molar refractivity (Wildman–Crippen MR) is 50.7 cm³/mol. The van der Waals surface area contributed by atoms with Crippen molar-refractivity contribution in [2.75, 3.05) is 51.8 Å². The van der Waals surface area contributed by atoms with E-state index < -0.39 is 0 Å². The largest absolute Gasteiger partial charge is 0.395 e. The van der Waals surface area contributed by atoms with Crippen LogP contribution in [0.1, 0.15) is 0 Å². The van der Waals surface area contributed by atoms with Gasteiger partial charge < -0.3 is 5.11 Å². The molecule has 12 heavy (non-hydrogen) atoms. The molecule has 0 aromatic heterocycles. The zero-order chi connectivity index (χ0) is 8.81. The van der Waals surface area contributed by atoms with Crippen molar-refractivity contribution in [3.63, 3.8) is 0 Å². The van der Waals surface area contributed by atoms with E-state index in [9.17, 15) is 0 Å². The van der Waals surface area contributed by atoms with Gasteiger partial charge in [0.2, 0.25) is 0 Å². The molecule has 1 aliphatic heterocycles. The van der Waals surface area contributed by atoms with Gasteiger partial charge in [-0.05, 0) is 0 Å². The van der Waals surface area contributed by atoms with E-state index in [4.69, 9.17) is 16.7 Å². The summed E-state index contributed by atoms with van der Waals surface area (Å²) in [5, 5.41) is 8.71. The third-order valence-electron chi connectivity index (χ3n) is 2.28. The molecule has 0 atom stereocenters. The normalized spacial score (nSPS) is 21.5. The second-order valence-corrected chi connectivity index (χ2v) is 3.47. The highest BCUT2D eigenvalue weighted by molar-refractivity contribution is 6.18. The average molecular weight is 193 g/mol. The summed E-state index contributed by atoms with van der Waals surface area (Å²) in [6.45, 7) is 6.40. The molecule has 0 amide bonds. The maximum atomic E-state index is 8.71. The van der Waals surface area contributed by atoms with E-state index in [1.165, 1.54) is 0 Å². The van der Waals surface area contributed by atoms with Crippen LogP contribution in [-0.2, 0) is 0 Å². The molecule has 0 aromatic carbocycles. The van der Waals surface area contributed by atoms with Crippen LogP contribution in [0, 0.1) is 0 Å². The first kappa shape index (κ1) is 10.3. The van der Waals surface area contributed by atoms with Gasteiger partial charge in [0.05, 0.1) is 6.61 Å². The van der Waals surface area contributed by atoms with E-state index in [0.717, 1.165) is 45.1 Å². The smallest absolute Gasteiger partial charge is 0.0558 e. The van der Waals surface area contributed by atoms with Crippen LogP contribution >= 0.6 is 11.6 Å². The number of halogens is 1. The minimum atomic E-state index is 0.273. The van der Waals surface area contributed by atoms with Crippen molar-refractivity contribution >= 4 is 11.6 Å². The highest BCUT2D eigenvalue weighted by Crippen LogP contribution is 2.00. The van der Waals surface area contributed by atoms with Gasteiger partial charge in [-0.25, -0.2) is 0 Å². The third-order valence-corrected chi connectivity index (χ3v) is 2.45. The molecule has 0 bridgehead atoms. The van der Waals surface area contributed by atoms with E-state index in [1.54, 1.807) is 0 Å². The van der Waals surface area contributed by atoms with Gasteiger partial charge in [0.15, 0.2) is 0 Å². The Morgan fingerprint density at radius 1 is 1.00 bits per heavy atom. The van der Waals surface area contributed by atoms with E-state index in [2.05, 4.69) is 9.80 Å². The quantitative estimate of drug-likeness (QED) is 0.627. The molecule has 4 heteroatoms. The van der Waals surface area contributed by atoms with Gasteiger partial charge in [-0.1, -0.05) is 0 Å². The fourth-order valence-corrected chi connectivity index (χ4v) is 1.74. The maximum Gasteiger partial charge on any atom is 0.0558 e. The molecule has 0 unspecified atom stereocenters. The van der Waals surface area contributed by atoms with Crippen molar-refractivity contribution in [3.05, 3.63) is 0 Å². The highest BCUT2D eigenvalue weighted by atomic mass is 35.5. The van der Waals surface area contributed by atoms with Gasteiger partial charge in [0, 0.05) is 45.1 Å². The van der Waals surface area contributed by atoms with E-state index in [-0.39, 0.29) is 6.61 Å². The molecular weight excluding hydrogens is 176 g/mol. The molecule has 1 heterocycles. The van der Waals surface area contributed by atoms with Crippen molar-refractivity contribution in [2.45, 2.75) is 0 Å². The lowest BCUT2D eigenvalue weighted by Crippen LogP contribution is -2.47. The van der Waals surface area contributed by atoms with Crippen LogP contribution in [0.4, 0.5) is 0 Å². The van der Waals surface area contributed by atoms with Crippen molar-refractivity contribution in [1.29, 1.82) is 0 Å². The number of hydrogen-bond acceptors (Lipinski definition) is 3. The topological polar surface area (TPSA) is 26.7 Å². The molecule has 0 radical (unpaired) electrons. The van der Waals surface area contributed by atoms with Crippen molar-refractivity contribution in [3.8, 4) is 0 Å². The fourth-order valence-electron chi connectivity index (χ4n) is 1.50. The average Bonchev–Trinajstić information content (AvgIpc) is 2.09. The fraction of sp³-hybridized carbons (Fsp3) is 1.00. The second-order valence-electron chi connectivity index (χ2n) is 3.10. The highest BCUT2D eigenvalue weighted by Gasteiger charge is 2.14. The maximum absolute atomic E-state index is 8.71. The van der Waals surface area contributed by atoms with Crippen LogP contribution in [0.5, 0.6) is 0 Å². The van der Waals surface area contributed by atoms with Gasteiger partial charge in [-0.3, -0.25) is 9.80 Å². The lowest BCUT2D eigenvalue weighted by molar-refractivity contribution is 0.117. The SMILES string of the molecule is OCCN1CCN(CCCl)CC1. The lowest BCUT2D eigenvalue weighted by Gasteiger charge is -2.33. The first-order valence-electron chi connectivity index (χ1n) is 4.48. The molecule has 3 nitrogen and oxygen atoms in total. The number of nitrogens with zero attached hydrogens (tertiary/aromatic N) is 2. The summed E-state index contributed by atoms with van der Waals surface area (Å²) in [6.07, 6.45) is 0. The number of β-amino-alcohol motifs (C(OH)–C–C–N with tert-alkyl or cyclic N) is 1. The molecule has 0 aromatic rings. The number of hydrogen-bond donors (Lipinski definition) is 1. The van der Waals surface area contributed by atoms with Crippen LogP contribution in [-0.4, -0.2) is 66.7 Å². The summed E-state index contributed by atoms with van der Waals surface area (Å²) < 4.78 is 0. The van der Waals surface area contributed by atoms with Crippen LogP contribution < -0.4 is 0 Å². The Balaban J connectivity index is 2.11. The standard InChI is InChI=1S/C8H17ClN2O/c9-1-2-10-3-5-11(6-4-10)7-8-12/h12H,1-8H2.